The molecule has 4 nitrogen and oxygen atoms in total. The van der Waals surface area contributed by atoms with E-state index in [2.05, 4.69) is 26.5 Å². The number of hydrogen-bond acceptors (Lipinski definition) is 4. The van der Waals surface area contributed by atoms with Gasteiger partial charge < -0.3 is 4.42 Å². The molecule has 3 aromatic rings. The molecule has 24 heavy (non-hydrogen) atoms. The van der Waals surface area contributed by atoms with Crippen LogP contribution in [0.4, 0.5) is 14.5 Å². The summed E-state index contributed by atoms with van der Waals surface area (Å²) < 4.78 is 32.6. The number of nitrogens with zero attached hydrogens (tertiary/aromatic N) is 1. The van der Waals surface area contributed by atoms with Gasteiger partial charge in [0.05, 0.1) is 17.0 Å². The molecule has 0 fully saturated rings. The summed E-state index contributed by atoms with van der Waals surface area (Å²) in [4.78, 5) is 12.1. The summed E-state index contributed by atoms with van der Waals surface area (Å²) in [6.07, 6.45) is 0. The quantitative estimate of drug-likeness (QED) is 0.400. The first-order chi connectivity index (χ1) is 11.4. The second-order valence-electron chi connectivity index (χ2n) is 5.06. The van der Waals surface area contributed by atoms with Gasteiger partial charge in [-0.15, -0.1) is 0 Å². The molecule has 0 aliphatic rings. The van der Waals surface area contributed by atoms with Crippen LogP contribution in [0, 0.1) is 11.6 Å². The molecule has 0 spiro atoms. The van der Waals surface area contributed by atoms with E-state index in [9.17, 15) is 13.6 Å². The van der Waals surface area contributed by atoms with Crippen molar-refractivity contribution in [3.63, 3.8) is 0 Å². The van der Waals surface area contributed by atoms with E-state index < -0.39 is 17.3 Å². The minimum atomic E-state index is -0.777. The smallest absolute Gasteiger partial charge is 0.345 e. The highest BCUT2D eigenvalue weighted by atomic mass is 79.9. The highest BCUT2D eigenvalue weighted by Gasteiger charge is 2.09. The van der Waals surface area contributed by atoms with Crippen molar-refractivity contribution >= 4 is 38.3 Å². The molecule has 7 heteroatoms. The van der Waals surface area contributed by atoms with Crippen molar-refractivity contribution in [3.05, 3.63) is 74.6 Å². The molecule has 1 aromatic heterocycles. The number of hydrogen-bond donors (Lipinski definition) is 1. The predicted molar refractivity (Wildman–Crippen MR) is 92.4 cm³/mol. The van der Waals surface area contributed by atoms with Gasteiger partial charge in [0.1, 0.15) is 11.4 Å². The van der Waals surface area contributed by atoms with Crippen LogP contribution in [0.3, 0.4) is 0 Å². The number of anilines is 1. The van der Waals surface area contributed by atoms with E-state index in [-0.39, 0.29) is 11.3 Å². The molecule has 2 aromatic carbocycles. The Hall–Kier alpha value is -2.54. The van der Waals surface area contributed by atoms with Crippen LogP contribution in [0.15, 0.2) is 61.3 Å². The van der Waals surface area contributed by atoms with E-state index >= 15 is 0 Å². The van der Waals surface area contributed by atoms with Gasteiger partial charge in [0.25, 0.3) is 0 Å². The Bertz CT molecular complexity index is 1020. The van der Waals surface area contributed by atoms with E-state index in [0.717, 1.165) is 22.0 Å². The van der Waals surface area contributed by atoms with E-state index in [0.29, 0.717) is 11.3 Å². The van der Waals surface area contributed by atoms with E-state index in [1.54, 1.807) is 25.1 Å². The number of halogens is 3. The average molecular weight is 393 g/mol. The molecule has 0 amide bonds. The fourth-order valence-electron chi connectivity index (χ4n) is 2.13. The highest BCUT2D eigenvalue weighted by molar-refractivity contribution is 9.10. The van der Waals surface area contributed by atoms with Crippen molar-refractivity contribution in [2.75, 3.05) is 5.43 Å². The van der Waals surface area contributed by atoms with Gasteiger partial charge in [-0.2, -0.15) is 5.10 Å². The van der Waals surface area contributed by atoms with Gasteiger partial charge in [0.15, 0.2) is 5.82 Å². The number of nitrogens with one attached hydrogen (secondary N) is 1. The fraction of sp³-hybridized carbons (Fsp3) is 0.0588. The molecule has 0 saturated carbocycles. The van der Waals surface area contributed by atoms with Gasteiger partial charge in [-0.05, 0) is 43.3 Å². The van der Waals surface area contributed by atoms with Gasteiger partial charge in [-0.1, -0.05) is 15.9 Å². The topological polar surface area (TPSA) is 54.6 Å². The molecule has 0 bridgehead atoms. The zero-order valence-corrected chi connectivity index (χ0v) is 14.0. The summed E-state index contributed by atoms with van der Waals surface area (Å²) in [5.74, 6) is -1.46. The summed E-state index contributed by atoms with van der Waals surface area (Å²) in [5.41, 5.74) is 2.95. The van der Waals surface area contributed by atoms with Crippen LogP contribution < -0.4 is 11.1 Å². The van der Waals surface area contributed by atoms with Crippen LogP contribution in [0.1, 0.15) is 12.5 Å². The first-order valence-corrected chi connectivity index (χ1v) is 7.72. The SMILES string of the molecule is C/C(=N\Nc1ccc(F)cc1F)c1cc2cc(Br)ccc2oc1=O. The Morgan fingerprint density at radius 2 is 1.96 bits per heavy atom. The molecule has 0 atom stereocenters. The van der Waals surface area contributed by atoms with Crippen LogP contribution >= 0.6 is 15.9 Å². The molecule has 1 N–H and O–H groups in total. The second-order valence-corrected chi connectivity index (χ2v) is 5.98. The van der Waals surface area contributed by atoms with Crippen molar-refractivity contribution in [3.8, 4) is 0 Å². The van der Waals surface area contributed by atoms with Crippen molar-refractivity contribution in [1.82, 2.24) is 0 Å². The summed E-state index contributed by atoms with van der Waals surface area (Å²) >= 11 is 3.35. The van der Waals surface area contributed by atoms with E-state index in [1.165, 1.54) is 6.07 Å². The molecule has 0 aliphatic heterocycles. The maximum absolute atomic E-state index is 13.6. The average Bonchev–Trinajstić information content (AvgIpc) is 2.53. The summed E-state index contributed by atoms with van der Waals surface area (Å²) in [6.45, 7) is 1.59. The van der Waals surface area contributed by atoms with Crippen molar-refractivity contribution in [2.24, 2.45) is 5.10 Å². The Kier molecular flexibility index (Phi) is 4.44. The lowest BCUT2D eigenvalue weighted by Crippen LogP contribution is -2.13. The molecule has 3 rings (SSSR count). The minimum Gasteiger partial charge on any atom is -0.422 e. The molecule has 1 heterocycles. The number of hydrazone groups is 1. The van der Waals surface area contributed by atoms with Crippen LogP contribution in [0.25, 0.3) is 11.0 Å². The molecular weight excluding hydrogens is 382 g/mol. The first kappa shape index (κ1) is 16.3. The maximum Gasteiger partial charge on any atom is 0.345 e. The van der Waals surface area contributed by atoms with Crippen molar-refractivity contribution in [1.29, 1.82) is 0 Å². The maximum atomic E-state index is 13.6. The van der Waals surface area contributed by atoms with Crippen LogP contribution in [0.5, 0.6) is 0 Å². The Labute approximate surface area is 143 Å². The third kappa shape index (κ3) is 3.35. The first-order valence-electron chi connectivity index (χ1n) is 6.93. The highest BCUT2D eigenvalue weighted by Crippen LogP contribution is 2.20. The van der Waals surface area contributed by atoms with E-state index in [4.69, 9.17) is 4.42 Å². The standard InChI is InChI=1S/C17H11BrF2N2O2/c1-9(21-22-15-4-3-12(19)8-14(15)20)13-7-10-6-11(18)2-5-16(10)24-17(13)23/h2-8,22H,1H3/b21-9+. The van der Waals surface area contributed by atoms with Gasteiger partial charge in [0, 0.05) is 15.9 Å². The number of rotatable bonds is 3. The van der Waals surface area contributed by atoms with Crippen molar-refractivity contribution in [2.45, 2.75) is 6.92 Å². The van der Waals surface area contributed by atoms with Crippen molar-refractivity contribution < 1.29 is 13.2 Å². The van der Waals surface area contributed by atoms with Gasteiger partial charge >= 0.3 is 5.63 Å². The third-order valence-corrected chi connectivity index (χ3v) is 3.85. The molecule has 0 radical (unpaired) electrons. The number of fused-ring (bicyclic) bond motifs is 1. The molecule has 0 saturated heterocycles. The minimum absolute atomic E-state index is 0.00340. The largest absolute Gasteiger partial charge is 0.422 e. The summed E-state index contributed by atoms with van der Waals surface area (Å²) in [6, 6.07) is 9.98. The van der Waals surface area contributed by atoms with E-state index in [1.807, 2.05) is 6.07 Å². The fourth-order valence-corrected chi connectivity index (χ4v) is 2.51. The number of benzene rings is 2. The Morgan fingerprint density at radius 3 is 2.71 bits per heavy atom. The predicted octanol–water partition coefficient (Wildman–Crippen LogP) is 4.67. The molecular formula is C17H11BrF2N2O2. The second kappa shape index (κ2) is 6.52. The zero-order chi connectivity index (χ0) is 17.3. The lowest BCUT2D eigenvalue weighted by molar-refractivity contribution is 0.559. The molecule has 0 unspecified atom stereocenters. The Morgan fingerprint density at radius 1 is 1.17 bits per heavy atom. The third-order valence-electron chi connectivity index (χ3n) is 3.36. The lowest BCUT2D eigenvalue weighted by atomic mass is 10.1. The van der Waals surface area contributed by atoms with Crippen LogP contribution in [0.2, 0.25) is 0 Å². The summed E-state index contributed by atoms with van der Waals surface area (Å²) in [5, 5.41) is 4.70. The Balaban J connectivity index is 1.96. The normalized spacial score (nSPS) is 11.8. The van der Waals surface area contributed by atoms with Gasteiger partial charge in [-0.25, -0.2) is 13.6 Å². The van der Waals surface area contributed by atoms with Gasteiger partial charge in [0.2, 0.25) is 0 Å². The molecule has 0 aliphatic carbocycles. The molecule has 122 valence electrons. The summed E-state index contributed by atoms with van der Waals surface area (Å²) in [7, 11) is 0. The van der Waals surface area contributed by atoms with Gasteiger partial charge in [-0.3, -0.25) is 5.43 Å². The lowest BCUT2D eigenvalue weighted by Gasteiger charge is -2.05. The van der Waals surface area contributed by atoms with Crippen LogP contribution in [-0.2, 0) is 0 Å². The zero-order valence-electron chi connectivity index (χ0n) is 12.4. The van der Waals surface area contributed by atoms with Crippen LogP contribution in [-0.4, -0.2) is 5.71 Å². The monoisotopic (exact) mass is 392 g/mol.